The van der Waals surface area contributed by atoms with E-state index < -0.39 is 11.8 Å². The van der Waals surface area contributed by atoms with Crippen molar-refractivity contribution in [3.8, 4) is 17.1 Å². The lowest BCUT2D eigenvalue weighted by Gasteiger charge is -2.13. The molecule has 0 radical (unpaired) electrons. The lowest BCUT2D eigenvalue weighted by Crippen LogP contribution is -2.44. The Morgan fingerprint density at radius 1 is 0.875 bits per heavy atom. The predicted octanol–water partition coefficient (Wildman–Crippen LogP) is 3.75. The van der Waals surface area contributed by atoms with Gasteiger partial charge in [0.05, 0.1) is 22.5 Å². The number of para-hydroxylation sites is 2. The Hall–Kier alpha value is -4.26. The lowest BCUT2D eigenvalue weighted by atomic mass is 10.1. The van der Waals surface area contributed by atoms with Gasteiger partial charge < -0.3 is 4.74 Å². The molecule has 0 unspecified atom stereocenters. The number of aromatic nitrogens is 2. The van der Waals surface area contributed by atoms with Crippen LogP contribution in [0.2, 0.25) is 0 Å². The van der Waals surface area contributed by atoms with Gasteiger partial charge in [-0.2, -0.15) is 0 Å². The molecule has 2 amide bonds. The van der Waals surface area contributed by atoms with Gasteiger partial charge in [0, 0.05) is 11.6 Å². The first-order chi connectivity index (χ1) is 15.5. The number of nitrogens with zero attached hydrogens (tertiary/aromatic N) is 2. The summed E-state index contributed by atoms with van der Waals surface area (Å²) in [5.74, 6) is -0.264. The van der Waals surface area contributed by atoms with Crippen molar-refractivity contribution in [1.82, 2.24) is 20.8 Å². The number of hydrogen-bond donors (Lipinski definition) is 2. The molecular weight excluding hydrogens is 404 g/mol. The minimum absolute atomic E-state index is 0.220. The van der Waals surface area contributed by atoms with E-state index in [4.69, 9.17) is 4.74 Å². The van der Waals surface area contributed by atoms with Crippen LogP contribution in [-0.2, 0) is 4.79 Å². The average Bonchev–Trinajstić information content (AvgIpc) is 2.82. The number of hydrogen-bond acceptors (Lipinski definition) is 5. The van der Waals surface area contributed by atoms with Crippen molar-refractivity contribution >= 4 is 22.7 Å². The normalized spacial score (nSPS) is 10.6. The van der Waals surface area contributed by atoms with Crippen LogP contribution in [0.3, 0.4) is 0 Å². The molecule has 0 saturated heterocycles. The van der Waals surface area contributed by atoms with Crippen molar-refractivity contribution in [3.63, 3.8) is 0 Å². The maximum Gasteiger partial charge on any atom is 0.276 e. The third-order valence-electron chi connectivity index (χ3n) is 4.96. The first kappa shape index (κ1) is 21.0. The van der Waals surface area contributed by atoms with Crippen LogP contribution in [0.4, 0.5) is 0 Å². The summed E-state index contributed by atoms with van der Waals surface area (Å²) in [6, 6.07) is 20.2. The minimum atomic E-state index is -0.468. The van der Waals surface area contributed by atoms with Gasteiger partial charge in [-0.05, 0) is 49.2 Å². The molecule has 160 valence electrons. The monoisotopic (exact) mass is 426 g/mol. The van der Waals surface area contributed by atoms with Gasteiger partial charge in [-0.25, -0.2) is 4.98 Å². The summed E-state index contributed by atoms with van der Waals surface area (Å²) in [4.78, 5) is 34.1. The molecule has 0 atom stereocenters. The highest BCUT2D eigenvalue weighted by molar-refractivity contribution is 6.07. The smallest absolute Gasteiger partial charge is 0.276 e. The van der Waals surface area contributed by atoms with Gasteiger partial charge in [-0.1, -0.05) is 42.5 Å². The topological polar surface area (TPSA) is 93.2 Å². The van der Waals surface area contributed by atoms with Crippen molar-refractivity contribution in [2.45, 2.75) is 13.8 Å². The Morgan fingerprint density at radius 2 is 1.62 bits per heavy atom. The summed E-state index contributed by atoms with van der Waals surface area (Å²) in [5.41, 5.74) is 9.02. The number of hydrazine groups is 1. The van der Waals surface area contributed by atoms with Crippen LogP contribution in [0.25, 0.3) is 22.3 Å². The largest absolute Gasteiger partial charge is 0.483 e. The molecule has 7 heteroatoms. The third-order valence-corrected chi connectivity index (χ3v) is 4.96. The summed E-state index contributed by atoms with van der Waals surface area (Å²) in [7, 11) is 0. The number of carbonyl (C=O) groups is 2. The number of amides is 2. The molecule has 7 nitrogen and oxygen atoms in total. The summed E-state index contributed by atoms with van der Waals surface area (Å²) in [6.07, 6.45) is 1.67. The lowest BCUT2D eigenvalue weighted by molar-refractivity contribution is -0.123. The highest BCUT2D eigenvalue weighted by Crippen LogP contribution is 2.24. The summed E-state index contributed by atoms with van der Waals surface area (Å²) < 4.78 is 5.63. The zero-order chi connectivity index (χ0) is 22.5. The van der Waals surface area contributed by atoms with E-state index in [1.165, 1.54) is 0 Å². The molecule has 4 aromatic rings. The Morgan fingerprint density at radius 3 is 2.38 bits per heavy atom. The molecule has 2 N–H and O–H groups in total. The van der Waals surface area contributed by atoms with Crippen molar-refractivity contribution in [2.75, 3.05) is 6.61 Å². The SMILES string of the molecule is Cc1cccc(C)c1OCC(=O)NNC(=O)c1cc(-c2ccccn2)nc2ccccc12. The standard InChI is InChI=1S/C25H22N4O3/c1-16-8-7-9-17(2)24(16)32-15-23(30)28-29-25(31)19-14-22(21-12-5-6-13-26-21)27-20-11-4-3-10-18(19)20/h3-14H,15H2,1-2H3,(H,28,30)(H,29,31). The van der Waals surface area contributed by atoms with Gasteiger partial charge in [0.25, 0.3) is 11.8 Å². The van der Waals surface area contributed by atoms with Gasteiger partial charge in [-0.15, -0.1) is 0 Å². The van der Waals surface area contributed by atoms with E-state index in [1.807, 2.05) is 74.5 Å². The molecule has 0 bridgehead atoms. The van der Waals surface area contributed by atoms with Crippen LogP contribution >= 0.6 is 0 Å². The maximum absolute atomic E-state index is 12.9. The molecule has 0 saturated carbocycles. The fraction of sp³-hybridized carbons (Fsp3) is 0.120. The van der Waals surface area contributed by atoms with Gasteiger partial charge in [-0.3, -0.25) is 25.4 Å². The molecule has 2 aromatic heterocycles. The minimum Gasteiger partial charge on any atom is -0.483 e. The zero-order valence-electron chi connectivity index (χ0n) is 17.8. The number of pyridine rings is 2. The van der Waals surface area contributed by atoms with E-state index in [1.54, 1.807) is 12.3 Å². The van der Waals surface area contributed by atoms with Crippen molar-refractivity contribution in [2.24, 2.45) is 0 Å². The van der Waals surface area contributed by atoms with Crippen LogP contribution in [0.1, 0.15) is 21.5 Å². The fourth-order valence-electron chi connectivity index (χ4n) is 3.40. The second-order valence-corrected chi connectivity index (χ2v) is 7.30. The van der Waals surface area contributed by atoms with E-state index in [9.17, 15) is 9.59 Å². The van der Waals surface area contributed by atoms with Crippen LogP contribution < -0.4 is 15.6 Å². The molecular formula is C25H22N4O3. The molecule has 0 fully saturated rings. The number of aryl methyl sites for hydroxylation is 2. The number of rotatable bonds is 5. The Balaban J connectivity index is 1.49. The molecule has 4 rings (SSSR count). The third kappa shape index (κ3) is 4.57. The number of nitrogens with one attached hydrogen (secondary N) is 2. The summed E-state index contributed by atoms with van der Waals surface area (Å²) in [5, 5.41) is 0.672. The van der Waals surface area contributed by atoms with Gasteiger partial charge >= 0.3 is 0 Å². The molecule has 0 spiro atoms. The predicted molar refractivity (Wildman–Crippen MR) is 122 cm³/mol. The summed E-state index contributed by atoms with van der Waals surface area (Å²) in [6.45, 7) is 3.60. The molecule has 0 aliphatic carbocycles. The van der Waals surface area contributed by atoms with Crippen LogP contribution in [0.15, 0.2) is 72.9 Å². The van der Waals surface area contributed by atoms with E-state index in [0.717, 1.165) is 11.1 Å². The Labute approximate surface area is 185 Å². The molecule has 2 aromatic carbocycles. The van der Waals surface area contributed by atoms with Crippen molar-refractivity contribution < 1.29 is 14.3 Å². The number of ether oxygens (including phenoxy) is 1. The number of benzene rings is 2. The number of fused-ring (bicyclic) bond motifs is 1. The second kappa shape index (κ2) is 9.26. The first-order valence-corrected chi connectivity index (χ1v) is 10.1. The summed E-state index contributed by atoms with van der Waals surface area (Å²) >= 11 is 0. The Kier molecular flexibility index (Phi) is 6.07. The Bertz CT molecular complexity index is 1270. The van der Waals surface area contributed by atoms with E-state index >= 15 is 0 Å². The quantitative estimate of drug-likeness (QED) is 0.474. The van der Waals surface area contributed by atoms with Crippen LogP contribution in [0, 0.1) is 13.8 Å². The van der Waals surface area contributed by atoms with Crippen LogP contribution in [0.5, 0.6) is 5.75 Å². The van der Waals surface area contributed by atoms with Crippen molar-refractivity contribution in [3.05, 3.63) is 89.6 Å². The number of carbonyl (C=O) groups excluding carboxylic acids is 2. The average molecular weight is 426 g/mol. The fourth-order valence-corrected chi connectivity index (χ4v) is 3.40. The van der Waals surface area contributed by atoms with E-state index in [2.05, 4.69) is 20.8 Å². The second-order valence-electron chi connectivity index (χ2n) is 7.30. The zero-order valence-corrected chi connectivity index (χ0v) is 17.8. The molecule has 32 heavy (non-hydrogen) atoms. The highest BCUT2D eigenvalue weighted by Gasteiger charge is 2.15. The molecule has 0 aliphatic rings. The van der Waals surface area contributed by atoms with Gasteiger partial charge in [0.15, 0.2) is 6.61 Å². The molecule has 0 aliphatic heterocycles. The highest BCUT2D eigenvalue weighted by atomic mass is 16.5. The first-order valence-electron chi connectivity index (χ1n) is 10.1. The van der Waals surface area contributed by atoms with Gasteiger partial charge in [0.2, 0.25) is 0 Å². The van der Waals surface area contributed by atoms with Crippen LogP contribution in [-0.4, -0.2) is 28.4 Å². The van der Waals surface area contributed by atoms with E-state index in [0.29, 0.717) is 33.6 Å². The van der Waals surface area contributed by atoms with Gasteiger partial charge in [0.1, 0.15) is 5.75 Å². The maximum atomic E-state index is 12.9. The molecule has 2 heterocycles. The van der Waals surface area contributed by atoms with E-state index in [-0.39, 0.29) is 6.61 Å². The van der Waals surface area contributed by atoms with Crippen molar-refractivity contribution in [1.29, 1.82) is 0 Å².